The summed E-state index contributed by atoms with van der Waals surface area (Å²) in [5.41, 5.74) is 2.50. The van der Waals surface area contributed by atoms with Crippen molar-refractivity contribution in [3.05, 3.63) is 51.7 Å². The Morgan fingerprint density at radius 2 is 1.76 bits per heavy atom. The van der Waals surface area contributed by atoms with Crippen LogP contribution in [0.15, 0.2) is 18.2 Å². The van der Waals surface area contributed by atoms with E-state index in [0.717, 1.165) is 24.2 Å². The predicted octanol–water partition coefficient (Wildman–Crippen LogP) is 2.91. The second-order valence-electron chi connectivity index (χ2n) is 7.98. The molecule has 1 aromatic heterocycles. The fourth-order valence-corrected chi connectivity index (χ4v) is 4.31. The first kappa shape index (κ1) is 22.6. The summed E-state index contributed by atoms with van der Waals surface area (Å²) in [5.74, 6) is -0.213. The summed E-state index contributed by atoms with van der Waals surface area (Å²) in [7, 11) is 2.41. The Balaban J connectivity index is 1.55. The van der Waals surface area contributed by atoms with Gasteiger partial charge in [0, 0.05) is 31.5 Å². The molecule has 0 radical (unpaired) electrons. The molecule has 1 fully saturated rings. The normalized spacial score (nSPS) is 15.5. The maximum atomic E-state index is 12.5. The van der Waals surface area contributed by atoms with Gasteiger partial charge in [0.2, 0.25) is 0 Å². The number of benzene rings is 1. The van der Waals surface area contributed by atoms with Crippen LogP contribution in [0.1, 0.15) is 55.9 Å². The van der Waals surface area contributed by atoms with Crippen LogP contribution in [0.25, 0.3) is 0 Å². The number of nitriles is 1. The minimum atomic E-state index is -0.805. The van der Waals surface area contributed by atoms with Gasteiger partial charge in [-0.1, -0.05) is 6.07 Å². The van der Waals surface area contributed by atoms with Gasteiger partial charge in [-0.15, -0.1) is 0 Å². The summed E-state index contributed by atoms with van der Waals surface area (Å²) in [6.45, 7) is 4.19. The van der Waals surface area contributed by atoms with Gasteiger partial charge in [-0.2, -0.15) is 5.26 Å². The van der Waals surface area contributed by atoms with Gasteiger partial charge in [0.15, 0.2) is 5.69 Å². The Labute approximate surface area is 191 Å². The van der Waals surface area contributed by atoms with Crippen LogP contribution in [0.3, 0.4) is 0 Å². The molecule has 0 aliphatic carbocycles. The van der Waals surface area contributed by atoms with Crippen LogP contribution in [-0.4, -0.2) is 50.3 Å². The van der Waals surface area contributed by atoms with E-state index < -0.39 is 11.9 Å². The number of fused-ring (bicyclic) bond motifs is 1. The van der Waals surface area contributed by atoms with Crippen LogP contribution in [0.2, 0.25) is 0 Å². The highest BCUT2D eigenvalue weighted by molar-refractivity contribution is 6.06. The standard InChI is InChI=1S/C24H25N3O6/c1-14-20(23(28)30-2)21(24(29)31-3)19(11-25)26-22(14)27-8-6-17(7-9-27)33-18-5-4-15-12-32-13-16(15)10-18/h4-5,10,17H,6-9,12-13H2,1-3H3. The van der Waals surface area contributed by atoms with Gasteiger partial charge in [0.05, 0.1) is 33.0 Å². The lowest BCUT2D eigenvalue weighted by atomic mass is 9.99. The van der Waals surface area contributed by atoms with Crippen LogP contribution in [0, 0.1) is 18.3 Å². The number of pyridine rings is 1. The number of ether oxygens (including phenoxy) is 4. The topological polar surface area (TPSA) is 111 Å². The number of hydrogen-bond acceptors (Lipinski definition) is 9. The van der Waals surface area contributed by atoms with Crippen molar-refractivity contribution in [3.63, 3.8) is 0 Å². The second-order valence-corrected chi connectivity index (χ2v) is 7.98. The predicted molar refractivity (Wildman–Crippen MR) is 117 cm³/mol. The summed E-state index contributed by atoms with van der Waals surface area (Å²) in [4.78, 5) is 31.2. The van der Waals surface area contributed by atoms with Gasteiger partial charge in [-0.05, 0) is 30.2 Å². The molecule has 33 heavy (non-hydrogen) atoms. The van der Waals surface area contributed by atoms with Crippen molar-refractivity contribution < 1.29 is 28.5 Å². The lowest BCUT2D eigenvalue weighted by Crippen LogP contribution is -2.39. The van der Waals surface area contributed by atoms with Crippen molar-refractivity contribution in [1.82, 2.24) is 4.98 Å². The maximum Gasteiger partial charge on any atom is 0.341 e. The monoisotopic (exact) mass is 451 g/mol. The molecule has 2 aromatic rings. The van der Waals surface area contributed by atoms with Gasteiger partial charge < -0.3 is 23.8 Å². The highest BCUT2D eigenvalue weighted by Crippen LogP contribution is 2.31. The molecule has 1 saturated heterocycles. The molecule has 0 N–H and O–H groups in total. The molecule has 0 unspecified atom stereocenters. The summed E-state index contributed by atoms with van der Waals surface area (Å²) >= 11 is 0. The Morgan fingerprint density at radius 1 is 1.09 bits per heavy atom. The van der Waals surface area contributed by atoms with E-state index in [9.17, 15) is 14.9 Å². The summed E-state index contributed by atoms with van der Waals surface area (Å²) in [6.07, 6.45) is 1.51. The van der Waals surface area contributed by atoms with E-state index in [1.807, 2.05) is 29.2 Å². The lowest BCUT2D eigenvalue weighted by Gasteiger charge is -2.34. The van der Waals surface area contributed by atoms with Crippen molar-refractivity contribution in [2.24, 2.45) is 0 Å². The van der Waals surface area contributed by atoms with Crippen LogP contribution in [0.5, 0.6) is 5.75 Å². The van der Waals surface area contributed by atoms with E-state index in [2.05, 4.69) is 4.98 Å². The van der Waals surface area contributed by atoms with Crippen LogP contribution in [0.4, 0.5) is 5.82 Å². The van der Waals surface area contributed by atoms with Crippen molar-refractivity contribution in [2.75, 3.05) is 32.2 Å². The average Bonchev–Trinajstić information content (AvgIpc) is 3.31. The van der Waals surface area contributed by atoms with E-state index in [-0.39, 0.29) is 22.9 Å². The lowest BCUT2D eigenvalue weighted by molar-refractivity contribution is 0.0553. The number of nitrogens with zero attached hydrogens (tertiary/aromatic N) is 3. The molecular formula is C24H25N3O6. The Bertz CT molecular complexity index is 1130. The third-order valence-electron chi connectivity index (χ3n) is 6.04. The third-order valence-corrected chi connectivity index (χ3v) is 6.04. The third kappa shape index (κ3) is 4.34. The molecule has 4 rings (SSSR count). The quantitative estimate of drug-likeness (QED) is 0.634. The molecule has 0 spiro atoms. The zero-order chi connectivity index (χ0) is 23.5. The highest BCUT2D eigenvalue weighted by atomic mass is 16.5. The smallest absolute Gasteiger partial charge is 0.341 e. The van der Waals surface area contributed by atoms with Crippen LogP contribution in [-0.2, 0) is 27.4 Å². The first-order chi connectivity index (χ1) is 16.0. The Morgan fingerprint density at radius 3 is 2.42 bits per heavy atom. The van der Waals surface area contributed by atoms with Crippen molar-refractivity contribution in [3.8, 4) is 11.8 Å². The summed E-state index contributed by atoms with van der Waals surface area (Å²) < 4.78 is 21.3. The molecule has 0 saturated carbocycles. The maximum absolute atomic E-state index is 12.5. The molecule has 9 heteroatoms. The van der Waals surface area contributed by atoms with E-state index in [4.69, 9.17) is 18.9 Å². The van der Waals surface area contributed by atoms with E-state index in [1.165, 1.54) is 19.8 Å². The van der Waals surface area contributed by atoms with Crippen LogP contribution >= 0.6 is 0 Å². The Hall–Kier alpha value is -3.64. The van der Waals surface area contributed by atoms with Gasteiger partial charge in [0.25, 0.3) is 0 Å². The number of methoxy groups -OCH3 is 2. The first-order valence-electron chi connectivity index (χ1n) is 10.7. The van der Waals surface area contributed by atoms with Crippen molar-refractivity contribution in [2.45, 2.75) is 39.1 Å². The molecule has 0 bridgehead atoms. The number of piperidine rings is 1. The summed E-state index contributed by atoms with van der Waals surface area (Å²) in [6, 6.07) is 7.97. The van der Waals surface area contributed by atoms with E-state index >= 15 is 0 Å². The number of carbonyl (C=O) groups is 2. The molecule has 2 aliphatic rings. The molecular weight excluding hydrogens is 426 g/mol. The first-order valence-corrected chi connectivity index (χ1v) is 10.7. The zero-order valence-electron chi connectivity index (χ0n) is 18.8. The summed E-state index contributed by atoms with van der Waals surface area (Å²) in [5, 5.41) is 9.61. The number of rotatable bonds is 5. The van der Waals surface area contributed by atoms with Gasteiger partial charge in [-0.3, -0.25) is 0 Å². The minimum absolute atomic E-state index is 0.00429. The fourth-order valence-electron chi connectivity index (χ4n) is 4.31. The molecule has 3 heterocycles. The van der Waals surface area contributed by atoms with Crippen molar-refractivity contribution in [1.29, 1.82) is 5.26 Å². The Kier molecular flexibility index (Phi) is 6.47. The number of carbonyl (C=O) groups excluding carboxylic acids is 2. The van der Waals surface area contributed by atoms with Gasteiger partial charge in [0.1, 0.15) is 29.3 Å². The highest BCUT2D eigenvalue weighted by Gasteiger charge is 2.31. The van der Waals surface area contributed by atoms with Gasteiger partial charge >= 0.3 is 11.9 Å². The largest absolute Gasteiger partial charge is 0.490 e. The van der Waals surface area contributed by atoms with Crippen LogP contribution < -0.4 is 9.64 Å². The molecule has 1 aromatic carbocycles. The van der Waals surface area contributed by atoms with E-state index in [1.54, 1.807) is 6.92 Å². The molecule has 2 aliphatic heterocycles. The number of esters is 2. The van der Waals surface area contributed by atoms with E-state index in [0.29, 0.717) is 37.7 Å². The molecule has 172 valence electrons. The minimum Gasteiger partial charge on any atom is -0.490 e. The number of aromatic nitrogens is 1. The van der Waals surface area contributed by atoms with Crippen molar-refractivity contribution >= 4 is 17.8 Å². The van der Waals surface area contributed by atoms with Gasteiger partial charge in [-0.25, -0.2) is 14.6 Å². The zero-order valence-corrected chi connectivity index (χ0v) is 18.8. The average molecular weight is 451 g/mol. The SMILES string of the molecule is COC(=O)c1c(C#N)nc(N2CCC(Oc3ccc4c(c3)COC4)CC2)c(C)c1C(=O)OC. The molecule has 0 atom stereocenters. The number of hydrogen-bond donors (Lipinski definition) is 0. The number of anilines is 1. The molecule has 0 amide bonds. The molecule has 9 nitrogen and oxygen atoms in total. The fraction of sp³-hybridized carbons (Fsp3) is 0.417. The second kappa shape index (κ2) is 9.46.